The van der Waals surface area contributed by atoms with E-state index in [1.165, 1.54) is 0 Å². The molecular weight excluding hydrogens is 476 g/mol. The van der Waals surface area contributed by atoms with E-state index in [1.807, 2.05) is 12.1 Å². The number of nitrogens with zero attached hydrogens (tertiary/aromatic N) is 2. The highest BCUT2D eigenvalue weighted by Crippen LogP contribution is 2.55. The summed E-state index contributed by atoms with van der Waals surface area (Å²) in [5, 5.41) is 0. The van der Waals surface area contributed by atoms with Crippen LogP contribution in [0.1, 0.15) is 0 Å². The number of hydrogen-bond donors (Lipinski definition) is 0. The monoisotopic (exact) mass is 490 g/mol. The van der Waals surface area contributed by atoms with Crippen LogP contribution in [-0.2, 0) is 0 Å². The van der Waals surface area contributed by atoms with E-state index < -0.39 is 0 Å². The van der Waals surface area contributed by atoms with Gasteiger partial charge in [-0.1, -0.05) is 48.5 Å². The zero-order chi connectivity index (χ0) is 19.1. The van der Waals surface area contributed by atoms with Crippen molar-refractivity contribution in [1.82, 2.24) is 0 Å². The van der Waals surface area contributed by atoms with Gasteiger partial charge in [0.05, 0.1) is 34.1 Å². The summed E-state index contributed by atoms with van der Waals surface area (Å²) >= 11 is 7.49. The van der Waals surface area contributed by atoms with Gasteiger partial charge in [0.25, 0.3) is 0 Å². The van der Waals surface area contributed by atoms with E-state index in [0.29, 0.717) is 0 Å². The van der Waals surface area contributed by atoms with Crippen LogP contribution in [0.2, 0.25) is 0 Å². The van der Waals surface area contributed by atoms with Gasteiger partial charge in [0.2, 0.25) is 0 Å². The number of fused-ring (bicyclic) bond motifs is 2. The lowest BCUT2D eigenvalue weighted by molar-refractivity contribution is 1.16. The highest BCUT2D eigenvalue weighted by Gasteiger charge is 2.31. The van der Waals surface area contributed by atoms with E-state index in [1.54, 1.807) is 0 Å². The van der Waals surface area contributed by atoms with Gasteiger partial charge in [-0.05, 0) is 80.4 Å². The minimum Gasteiger partial charge on any atom is -0.305 e. The van der Waals surface area contributed by atoms with Crippen molar-refractivity contribution in [3.8, 4) is 0 Å². The van der Waals surface area contributed by atoms with E-state index in [4.69, 9.17) is 0 Å². The molecule has 0 spiro atoms. The Bertz CT molecular complexity index is 1030. The smallest absolute Gasteiger partial charge is 0.0703 e. The highest BCUT2D eigenvalue weighted by molar-refractivity contribution is 9.11. The van der Waals surface area contributed by atoms with Gasteiger partial charge in [-0.3, -0.25) is 0 Å². The molecule has 0 unspecified atom stereocenters. The molecule has 4 heteroatoms. The summed E-state index contributed by atoms with van der Waals surface area (Å²) in [6.07, 6.45) is 0. The molecule has 5 rings (SSSR count). The second-order valence-electron chi connectivity index (χ2n) is 6.55. The Kier molecular flexibility index (Phi) is 4.46. The van der Waals surface area contributed by atoms with Crippen molar-refractivity contribution in [2.24, 2.45) is 0 Å². The van der Waals surface area contributed by atoms with Gasteiger partial charge in [0.1, 0.15) is 0 Å². The molecule has 2 nitrogen and oxygen atoms in total. The van der Waals surface area contributed by atoms with Crippen LogP contribution in [0.25, 0.3) is 0 Å². The van der Waals surface area contributed by atoms with Gasteiger partial charge >= 0.3 is 0 Å². The predicted molar refractivity (Wildman–Crippen MR) is 125 cm³/mol. The molecule has 0 aromatic heterocycles. The SMILES string of the molecule is Brc1ccccc1N1c2ccccc2N(c2ccccc2Br)c2ccccc21. The number of benzene rings is 4. The number of hydrogen-bond acceptors (Lipinski definition) is 2. The van der Waals surface area contributed by atoms with Gasteiger partial charge in [0.15, 0.2) is 0 Å². The third kappa shape index (κ3) is 2.76. The van der Waals surface area contributed by atoms with Crippen LogP contribution in [0, 0.1) is 0 Å². The van der Waals surface area contributed by atoms with Crippen molar-refractivity contribution in [3.05, 3.63) is 106 Å². The van der Waals surface area contributed by atoms with Crippen LogP contribution in [0.3, 0.4) is 0 Å². The minimum absolute atomic E-state index is 1.06. The first-order chi connectivity index (χ1) is 13.8. The predicted octanol–water partition coefficient (Wildman–Crippen LogP) is 8.46. The van der Waals surface area contributed by atoms with E-state index in [9.17, 15) is 0 Å². The molecule has 0 saturated heterocycles. The molecule has 0 radical (unpaired) electrons. The van der Waals surface area contributed by atoms with Gasteiger partial charge in [-0.2, -0.15) is 0 Å². The van der Waals surface area contributed by atoms with E-state index in [-0.39, 0.29) is 0 Å². The van der Waals surface area contributed by atoms with Crippen LogP contribution in [0.15, 0.2) is 106 Å². The number of anilines is 6. The summed E-state index contributed by atoms with van der Waals surface area (Å²) in [7, 11) is 0. The fraction of sp³-hybridized carbons (Fsp3) is 0. The Labute approximate surface area is 181 Å². The fourth-order valence-electron chi connectivity index (χ4n) is 3.73. The first kappa shape index (κ1) is 17.5. The summed E-state index contributed by atoms with van der Waals surface area (Å²) in [6, 6.07) is 33.8. The van der Waals surface area contributed by atoms with Crippen molar-refractivity contribution in [2.75, 3.05) is 9.80 Å². The van der Waals surface area contributed by atoms with Crippen molar-refractivity contribution in [3.63, 3.8) is 0 Å². The Hall–Kier alpha value is -2.56. The van der Waals surface area contributed by atoms with Gasteiger partial charge in [-0.25, -0.2) is 0 Å². The first-order valence-corrected chi connectivity index (χ1v) is 10.6. The second-order valence-corrected chi connectivity index (χ2v) is 8.26. The normalized spacial score (nSPS) is 12.5. The summed E-state index contributed by atoms with van der Waals surface area (Å²) in [5.41, 5.74) is 6.81. The Balaban J connectivity index is 1.83. The third-order valence-corrected chi connectivity index (χ3v) is 6.25. The van der Waals surface area contributed by atoms with Crippen molar-refractivity contribution in [2.45, 2.75) is 0 Å². The molecule has 0 atom stereocenters. The maximum Gasteiger partial charge on any atom is 0.0703 e. The van der Waals surface area contributed by atoms with Crippen LogP contribution < -0.4 is 9.80 Å². The number of para-hydroxylation sites is 6. The standard InChI is InChI=1S/C24H16Br2N2/c25-17-9-1-3-11-19(17)27-21-13-5-7-15-23(21)28(20-12-4-2-10-18(20)26)24-16-8-6-14-22(24)27/h1-16H. The molecule has 0 fully saturated rings. The molecular formula is C24H16Br2N2. The van der Waals surface area contributed by atoms with Crippen molar-refractivity contribution in [1.29, 1.82) is 0 Å². The average Bonchev–Trinajstić information content (AvgIpc) is 2.73. The summed E-state index contributed by atoms with van der Waals surface area (Å²) in [4.78, 5) is 4.64. The van der Waals surface area contributed by atoms with Crippen LogP contribution in [0.4, 0.5) is 34.1 Å². The molecule has 0 amide bonds. The zero-order valence-corrected chi connectivity index (χ0v) is 18.1. The van der Waals surface area contributed by atoms with Gasteiger partial charge in [0, 0.05) is 8.95 Å². The van der Waals surface area contributed by atoms with Crippen LogP contribution in [-0.4, -0.2) is 0 Å². The summed E-state index contributed by atoms with van der Waals surface area (Å²) < 4.78 is 2.13. The first-order valence-electron chi connectivity index (χ1n) is 9.03. The topological polar surface area (TPSA) is 6.48 Å². The molecule has 0 N–H and O–H groups in total. The van der Waals surface area contributed by atoms with Crippen LogP contribution >= 0.6 is 31.9 Å². The lowest BCUT2D eigenvalue weighted by Crippen LogP contribution is -2.24. The minimum atomic E-state index is 1.06. The molecule has 1 heterocycles. The molecule has 0 aliphatic carbocycles. The Morgan fingerprint density at radius 3 is 0.893 bits per heavy atom. The van der Waals surface area contributed by atoms with Crippen LogP contribution in [0.5, 0.6) is 0 Å². The largest absolute Gasteiger partial charge is 0.305 e. The zero-order valence-electron chi connectivity index (χ0n) is 14.9. The van der Waals surface area contributed by atoms with Crippen molar-refractivity contribution < 1.29 is 0 Å². The lowest BCUT2D eigenvalue weighted by atomic mass is 10.0. The number of halogens is 2. The van der Waals surface area contributed by atoms with Crippen molar-refractivity contribution >= 4 is 66.0 Å². The molecule has 0 bridgehead atoms. The van der Waals surface area contributed by atoms with E-state index >= 15 is 0 Å². The molecule has 1 aliphatic heterocycles. The van der Waals surface area contributed by atoms with Gasteiger partial charge in [-0.15, -0.1) is 0 Å². The third-order valence-electron chi connectivity index (χ3n) is 4.91. The molecule has 1 aliphatic rings. The maximum absolute atomic E-state index is 3.74. The molecule has 4 aromatic rings. The van der Waals surface area contributed by atoms with E-state index in [0.717, 1.165) is 43.1 Å². The quantitative estimate of drug-likeness (QED) is 0.244. The second kappa shape index (κ2) is 7.12. The molecule has 4 aromatic carbocycles. The highest BCUT2D eigenvalue weighted by atomic mass is 79.9. The molecule has 0 saturated carbocycles. The van der Waals surface area contributed by atoms with E-state index in [2.05, 4.69) is 127 Å². The Morgan fingerprint density at radius 2 is 0.607 bits per heavy atom. The average molecular weight is 492 g/mol. The number of rotatable bonds is 2. The Morgan fingerprint density at radius 1 is 0.357 bits per heavy atom. The maximum atomic E-state index is 3.74. The molecule has 28 heavy (non-hydrogen) atoms. The summed E-state index contributed by atoms with van der Waals surface area (Å²) in [6.45, 7) is 0. The van der Waals surface area contributed by atoms with Gasteiger partial charge < -0.3 is 9.80 Å². The fourth-order valence-corrected chi connectivity index (χ4v) is 4.65. The molecule has 136 valence electrons. The summed E-state index contributed by atoms with van der Waals surface area (Å²) in [5.74, 6) is 0. The lowest BCUT2D eigenvalue weighted by Gasteiger charge is -2.40.